The second-order valence-corrected chi connectivity index (χ2v) is 6.10. The zero-order chi connectivity index (χ0) is 17.9. The number of alkyl halides is 3. The summed E-state index contributed by atoms with van der Waals surface area (Å²) >= 11 is 0. The first kappa shape index (κ1) is 17.5. The van der Waals surface area contributed by atoms with E-state index in [4.69, 9.17) is 4.74 Å². The number of ether oxygens (including phenoxy) is 1. The predicted molar refractivity (Wildman–Crippen MR) is 89.0 cm³/mol. The van der Waals surface area contributed by atoms with Gasteiger partial charge in [-0.2, -0.15) is 18.3 Å². The lowest BCUT2D eigenvalue weighted by atomic mass is 10.1. The molecule has 0 fully saturated rings. The molecular formula is C18H20F3N3O. The summed E-state index contributed by atoms with van der Waals surface area (Å²) in [5.74, 6) is 0.671. The van der Waals surface area contributed by atoms with Crippen LogP contribution in [-0.2, 0) is 17.3 Å². The molecule has 134 valence electrons. The first-order chi connectivity index (χ1) is 12.0. The van der Waals surface area contributed by atoms with Crippen LogP contribution in [0.3, 0.4) is 0 Å². The standard InChI is InChI=1S/C18H20F3N3O/c1-25-17-10-6-5-7-13(22-17)11-15-12-16(18(19,20)21)23-24(15)14-8-3-2-4-9-14/h2-4,8-9,12-13H,5-7,10-11H2,1H3. The van der Waals surface area contributed by atoms with E-state index in [-0.39, 0.29) is 6.04 Å². The Kier molecular flexibility index (Phi) is 5.11. The van der Waals surface area contributed by atoms with Crippen LogP contribution < -0.4 is 0 Å². The van der Waals surface area contributed by atoms with Crippen molar-refractivity contribution in [3.05, 3.63) is 47.8 Å². The van der Waals surface area contributed by atoms with Gasteiger partial charge in [0, 0.05) is 18.5 Å². The van der Waals surface area contributed by atoms with Crippen molar-refractivity contribution >= 4 is 5.90 Å². The van der Waals surface area contributed by atoms with E-state index in [1.165, 1.54) is 4.68 Å². The van der Waals surface area contributed by atoms with E-state index >= 15 is 0 Å². The van der Waals surface area contributed by atoms with Crippen LogP contribution >= 0.6 is 0 Å². The van der Waals surface area contributed by atoms with Crippen LogP contribution in [0.4, 0.5) is 13.2 Å². The Morgan fingerprint density at radius 2 is 1.96 bits per heavy atom. The van der Waals surface area contributed by atoms with Crippen LogP contribution in [0.2, 0.25) is 0 Å². The summed E-state index contributed by atoms with van der Waals surface area (Å²) in [7, 11) is 1.58. The van der Waals surface area contributed by atoms with E-state index in [1.54, 1.807) is 31.4 Å². The van der Waals surface area contributed by atoms with Crippen molar-refractivity contribution in [1.82, 2.24) is 9.78 Å². The number of para-hydroxylation sites is 1. The maximum absolute atomic E-state index is 13.1. The van der Waals surface area contributed by atoms with Gasteiger partial charge in [-0.1, -0.05) is 24.6 Å². The van der Waals surface area contributed by atoms with Crippen LogP contribution in [0.25, 0.3) is 5.69 Å². The third-order valence-electron chi connectivity index (χ3n) is 4.26. The molecule has 1 aromatic heterocycles. The normalized spacial score (nSPS) is 18.6. The average molecular weight is 351 g/mol. The predicted octanol–water partition coefficient (Wildman–Crippen LogP) is 4.42. The van der Waals surface area contributed by atoms with Gasteiger partial charge in [-0.15, -0.1) is 0 Å². The summed E-state index contributed by atoms with van der Waals surface area (Å²) in [6.45, 7) is 0. The molecule has 0 N–H and O–H groups in total. The minimum atomic E-state index is -4.47. The van der Waals surface area contributed by atoms with Crippen LogP contribution in [0.5, 0.6) is 0 Å². The largest absolute Gasteiger partial charge is 0.484 e. The van der Waals surface area contributed by atoms with E-state index in [9.17, 15) is 13.2 Å². The molecule has 4 nitrogen and oxygen atoms in total. The van der Waals surface area contributed by atoms with Crippen molar-refractivity contribution < 1.29 is 17.9 Å². The SMILES string of the molecule is COC1=NC(Cc2cc(C(F)(F)F)nn2-c2ccccc2)CCCC1. The topological polar surface area (TPSA) is 39.4 Å². The van der Waals surface area contributed by atoms with Crippen molar-refractivity contribution in [2.75, 3.05) is 7.11 Å². The smallest absolute Gasteiger partial charge is 0.435 e. The summed E-state index contributed by atoms with van der Waals surface area (Å²) in [6.07, 6.45) is -0.515. The Morgan fingerprint density at radius 3 is 2.64 bits per heavy atom. The lowest BCUT2D eigenvalue weighted by Gasteiger charge is -2.13. The van der Waals surface area contributed by atoms with Gasteiger partial charge in [0.1, 0.15) is 0 Å². The summed E-state index contributed by atoms with van der Waals surface area (Å²) in [6, 6.07) is 9.89. The van der Waals surface area contributed by atoms with Crippen molar-refractivity contribution in [2.24, 2.45) is 4.99 Å². The summed E-state index contributed by atoms with van der Waals surface area (Å²) in [5.41, 5.74) is 0.234. The molecule has 7 heteroatoms. The number of aliphatic imine (C=N–C) groups is 1. The Hall–Kier alpha value is -2.31. The number of rotatable bonds is 3. The number of aromatic nitrogens is 2. The molecule has 2 aromatic rings. The van der Waals surface area contributed by atoms with Gasteiger partial charge in [0.15, 0.2) is 11.6 Å². The number of benzene rings is 1. The van der Waals surface area contributed by atoms with Crippen molar-refractivity contribution in [3.63, 3.8) is 0 Å². The molecule has 0 amide bonds. The highest BCUT2D eigenvalue weighted by atomic mass is 19.4. The first-order valence-electron chi connectivity index (χ1n) is 8.29. The molecule has 1 aliphatic rings. The number of nitrogens with zero attached hydrogens (tertiary/aromatic N) is 3. The minimum Gasteiger partial charge on any atom is -0.484 e. The van der Waals surface area contributed by atoms with E-state index < -0.39 is 11.9 Å². The Balaban J connectivity index is 1.95. The Morgan fingerprint density at radius 1 is 1.20 bits per heavy atom. The Labute approximate surface area is 144 Å². The molecule has 1 atom stereocenters. The third-order valence-corrected chi connectivity index (χ3v) is 4.26. The molecule has 1 unspecified atom stereocenters. The first-order valence-corrected chi connectivity index (χ1v) is 8.29. The third kappa shape index (κ3) is 4.21. The van der Waals surface area contributed by atoms with E-state index in [1.807, 2.05) is 6.07 Å². The van der Waals surface area contributed by atoms with Crippen LogP contribution in [0.15, 0.2) is 41.4 Å². The Bertz CT molecular complexity index is 738. The van der Waals surface area contributed by atoms with Crippen molar-refractivity contribution in [2.45, 2.75) is 44.3 Å². The lowest BCUT2D eigenvalue weighted by molar-refractivity contribution is -0.141. The fourth-order valence-corrected chi connectivity index (χ4v) is 3.03. The average Bonchev–Trinajstić information content (AvgIpc) is 2.88. The lowest BCUT2D eigenvalue weighted by Crippen LogP contribution is -2.14. The molecule has 0 spiro atoms. The van der Waals surface area contributed by atoms with Crippen molar-refractivity contribution in [1.29, 1.82) is 0 Å². The number of hydrogen-bond acceptors (Lipinski definition) is 3. The highest BCUT2D eigenvalue weighted by molar-refractivity contribution is 5.76. The zero-order valence-electron chi connectivity index (χ0n) is 14.0. The van der Waals surface area contributed by atoms with Gasteiger partial charge in [-0.05, 0) is 31.0 Å². The highest BCUT2D eigenvalue weighted by Gasteiger charge is 2.35. The molecule has 0 saturated carbocycles. The van der Waals surface area contributed by atoms with Crippen molar-refractivity contribution in [3.8, 4) is 5.69 Å². The molecule has 25 heavy (non-hydrogen) atoms. The molecular weight excluding hydrogens is 331 g/mol. The van der Waals surface area contributed by atoms with Gasteiger partial charge in [0.2, 0.25) is 0 Å². The molecule has 2 heterocycles. The molecule has 3 rings (SSSR count). The van der Waals surface area contributed by atoms with Gasteiger partial charge < -0.3 is 4.74 Å². The van der Waals surface area contributed by atoms with Gasteiger partial charge in [-0.25, -0.2) is 4.68 Å². The van der Waals surface area contributed by atoms with Crippen LogP contribution in [-0.4, -0.2) is 28.8 Å². The minimum absolute atomic E-state index is 0.0994. The number of methoxy groups -OCH3 is 1. The summed E-state index contributed by atoms with van der Waals surface area (Å²) in [4.78, 5) is 4.57. The second kappa shape index (κ2) is 7.29. The molecule has 0 saturated heterocycles. The zero-order valence-corrected chi connectivity index (χ0v) is 14.0. The van der Waals surface area contributed by atoms with E-state index in [2.05, 4.69) is 10.1 Å². The molecule has 0 bridgehead atoms. The van der Waals surface area contributed by atoms with Crippen LogP contribution in [0, 0.1) is 0 Å². The van der Waals surface area contributed by atoms with Gasteiger partial charge in [-0.3, -0.25) is 4.99 Å². The summed E-state index contributed by atoms with van der Waals surface area (Å²) in [5, 5.41) is 3.79. The van der Waals surface area contributed by atoms with Gasteiger partial charge in [0.05, 0.1) is 18.8 Å². The summed E-state index contributed by atoms with van der Waals surface area (Å²) < 4.78 is 46.0. The highest BCUT2D eigenvalue weighted by Crippen LogP contribution is 2.30. The van der Waals surface area contributed by atoms with Gasteiger partial charge >= 0.3 is 6.18 Å². The fraction of sp³-hybridized carbons (Fsp3) is 0.444. The quantitative estimate of drug-likeness (QED) is 0.821. The monoisotopic (exact) mass is 351 g/mol. The molecule has 1 aliphatic heterocycles. The number of hydrogen-bond donors (Lipinski definition) is 0. The van der Waals surface area contributed by atoms with E-state index in [0.29, 0.717) is 23.7 Å². The van der Waals surface area contributed by atoms with Gasteiger partial charge in [0.25, 0.3) is 0 Å². The maximum Gasteiger partial charge on any atom is 0.435 e. The van der Waals surface area contributed by atoms with Crippen LogP contribution in [0.1, 0.15) is 37.1 Å². The fourth-order valence-electron chi connectivity index (χ4n) is 3.03. The second-order valence-electron chi connectivity index (χ2n) is 6.10. The van der Waals surface area contributed by atoms with E-state index in [0.717, 1.165) is 31.7 Å². The molecule has 0 radical (unpaired) electrons. The molecule has 1 aromatic carbocycles. The number of halogens is 3. The maximum atomic E-state index is 13.1. The molecule has 0 aliphatic carbocycles.